The molecule has 4 nitrogen and oxygen atoms in total. The number of fused-ring (bicyclic) bond motifs is 1. The van der Waals surface area contributed by atoms with Crippen molar-refractivity contribution in [1.29, 1.82) is 0 Å². The lowest BCUT2D eigenvalue weighted by molar-refractivity contribution is 0.0776. The molecule has 3 unspecified atom stereocenters. The zero-order valence-electron chi connectivity index (χ0n) is 11.0. The highest BCUT2D eigenvalue weighted by atomic mass is 79.9. The van der Waals surface area contributed by atoms with E-state index in [1.807, 2.05) is 4.90 Å². The highest BCUT2D eigenvalue weighted by Crippen LogP contribution is 2.38. The minimum absolute atomic E-state index is 0. The van der Waals surface area contributed by atoms with E-state index in [4.69, 9.17) is 5.73 Å². The van der Waals surface area contributed by atoms with Crippen LogP contribution in [0.25, 0.3) is 0 Å². The van der Waals surface area contributed by atoms with Gasteiger partial charge in [0.2, 0.25) is 0 Å². The highest BCUT2D eigenvalue weighted by Gasteiger charge is 2.42. The second-order valence-electron chi connectivity index (χ2n) is 5.54. The van der Waals surface area contributed by atoms with Gasteiger partial charge in [0.25, 0.3) is 5.91 Å². The number of hydrogen-bond acceptors (Lipinski definition) is 3. The average Bonchev–Trinajstić information content (AvgIpc) is 2.91. The minimum Gasteiger partial charge on any atom is -0.507 e. The Morgan fingerprint density at radius 3 is 2.75 bits per heavy atom. The van der Waals surface area contributed by atoms with Gasteiger partial charge in [-0.2, -0.15) is 0 Å². The molecule has 3 rings (SSSR count). The lowest BCUT2D eigenvalue weighted by Gasteiger charge is -2.19. The van der Waals surface area contributed by atoms with Gasteiger partial charge in [-0.25, -0.2) is 0 Å². The first kappa shape index (κ1) is 15.6. The van der Waals surface area contributed by atoms with Crippen molar-refractivity contribution in [2.75, 3.05) is 13.1 Å². The van der Waals surface area contributed by atoms with E-state index >= 15 is 0 Å². The number of rotatable bonds is 1. The number of halogens is 2. The van der Waals surface area contributed by atoms with E-state index in [1.54, 1.807) is 18.2 Å². The molecule has 1 aromatic rings. The lowest BCUT2D eigenvalue weighted by Crippen LogP contribution is -2.33. The van der Waals surface area contributed by atoms with Crippen molar-refractivity contribution in [2.24, 2.45) is 17.6 Å². The molecule has 6 heteroatoms. The van der Waals surface area contributed by atoms with Gasteiger partial charge in [-0.15, -0.1) is 12.4 Å². The number of phenolic OH excluding ortho intramolecular Hbond substituents is 1. The van der Waals surface area contributed by atoms with E-state index < -0.39 is 0 Å². The predicted octanol–water partition coefficient (Wildman–Crippen LogP) is 2.39. The number of nitrogens with two attached hydrogens (primary N) is 1. The predicted molar refractivity (Wildman–Crippen MR) is 83.1 cm³/mol. The molecule has 1 heterocycles. The molecule has 1 aliphatic carbocycles. The molecule has 1 saturated heterocycles. The van der Waals surface area contributed by atoms with Crippen LogP contribution in [-0.2, 0) is 0 Å². The van der Waals surface area contributed by atoms with Gasteiger partial charge in [0.1, 0.15) is 5.75 Å². The second kappa shape index (κ2) is 5.92. The van der Waals surface area contributed by atoms with Gasteiger partial charge in [-0.05, 0) is 42.9 Å². The summed E-state index contributed by atoms with van der Waals surface area (Å²) < 4.78 is 0.766. The first-order chi connectivity index (χ1) is 9.06. The van der Waals surface area contributed by atoms with Crippen molar-refractivity contribution in [2.45, 2.75) is 18.9 Å². The van der Waals surface area contributed by atoms with Crippen LogP contribution in [0.2, 0.25) is 0 Å². The minimum atomic E-state index is -0.0911. The van der Waals surface area contributed by atoms with Crippen molar-refractivity contribution >= 4 is 34.2 Å². The van der Waals surface area contributed by atoms with E-state index in [2.05, 4.69) is 15.9 Å². The molecule has 1 amide bonds. The van der Waals surface area contributed by atoms with Crippen LogP contribution in [-0.4, -0.2) is 35.0 Å². The molecule has 1 saturated carbocycles. The normalized spacial score (nSPS) is 28.1. The van der Waals surface area contributed by atoms with E-state index in [0.29, 0.717) is 17.4 Å². The highest BCUT2D eigenvalue weighted by molar-refractivity contribution is 9.10. The molecule has 1 aliphatic heterocycles. The molecule has 0 radical (unpaired) electrons. The number of phenols is 1. The van der Waals surface area contributed by atoms with Crippen molar-refractivity contribution in [1.82, 2.24) is 4.90 Å². The number of carbonyl (C=O) groups excluding carboxylic acids is 1. The summed E-state index contributed by atoms with van der Waals surface area (Å²) >= 11 is 3.27. The Balaban J connectivity index is 0.00000147. The average molecular weight is 362 g/mol. The van der Waals surface area contributed by atoms with Crippen LogP contribution in [0.15, 0.2) is 22.7 Å². The van der Waals surface area contributed by atoms with Gasteiger partial charge < -0.3 is 15.7 Å². The third-order valence-corrected chi connectivity index (χ3v) is 4.88. The number of likely N-dealkylation sites (tertiary alicyclic amines) is 1. The Morgan fingerprint density at radius 2 is 2.10 bits per heavy atom. The number of aromatic hydroxyl groups is 1. The Hall–Kier alpha value is -0.780. The van der Waals surface area contributed by atoms with E-state index in [-0.39, 0.29) is 30.1 Å². The molecular formula is C14H18BrClN2O2. The fourth-order valence-corrected chi connectivity index (χ4v) is 3.68. The molecule has 3 atom stereocenters. The number of hydrogen-bond donors (Lipinski definition) is 2. The summed E-state index contributed by atoms with van der Waals surface area (Å²) in [5, 5.41) is 9.87. The summed E-state index contributed by atoms with van der Waals surface area (Å²) in [4.78, 5) is 14.3. The monoisotopic (exact) mass is 360 g/mol. The largest absolute Gasteiger partial charge is 0.507 e. The molecule has 0 bridgehead atoms. The Kier molecular flexibility index (Phi) is 4.62. The quantitative estimate of drug-likeness (QED) is 0.807. The maximum Gasteiger partial charge on any atom is 0.257 e. The fraction of sp³-hybridized carbons (Fsp3) is 0.500. The summed E-state index contributed by atoms with van der Waals surface area (Å²) in [5.41, 5.74) is 6.45. The van der Waals surface area contributed by atoms with Crippen molar-refractivity contribution in [3.63, 3.8) is 0 Å². The molecular weight excluding hydrogens is 344 g/mol. The van der Waals surface area contributed by atoms with Crippen LogP contribution >= 0.6 is 28.3 Å². The van der Waals surface area contributed by atoms with Crippen LogP contribution in [0.1, 0.15) is 23.2 Å². The molecule has 0 spiro atoms. The molecule has 1 aromatic carbocycles. The number of benzene rings is 1. The number of nitrogens with zero attached hydrogens (tertiary/aromatic N) is 1. The van der Waals surface area contributed by atoms with Crippen LogP contribution < -0.4 is 5.73 Å². The first-order valence-corrected chi connectivity index (χ1v) is 7.39. The van der Waals surface area contributed by atoms with E-state index in [0.717, 1.165) is 30.4 Å². The van der Waals surface area contributed by atoms with Crippen molar-refractivity contribution < 1.29 is 9.90 Å². The Labute approximate surface area is 132 Å². The zero-order valence-corrected chi connectivity index (χ0v) is 13.4. The fourth-order valence-electron chi connectivity index (χ4n) is 3.33. The van der Waals surface area contributed by atoms with Crippen LogP contribution in [0.4, 0.5) is 0 Å². The third-order valence-electron chi connectivity index (χ3n) is 4.39. The lowest BCUT2D eigenvalue weighted by atomic mass is 9.98. The van der Waals surface area contributed by atoms with E-state index in [9.17, 15) is 9.90 Å². The molecule has 20 heavy (non-hydrogen) atoms. The van der Waals surface area contributed by atoms with E-state index in [1.165, 1.54) is 0 Å². The molecule has 110 valence electrons. The molecule has 0 aromatic heterocycles. The second-order valence-corrected chi connectivity index (χ2v) is 6.45. The summed E-state index contributed by atoms with van der Waals surface area (Å²) in [6.45, 7) is 1.49. The summed E-state index contributed by atoms with van der Waals surface area (Å²) in [7, 11) is 0. The summed E-state index contributed by atoms with van der Waals surface area (Å²) in [5.74, 6) is 0.908. The van der Waals surface area contributed by atoms with Crippen molar-refractivity contribution in [3.8, 4) is 5.75 Å². The van der Waals surface area contributed by atoms with Gasteiger partial charge in [0, 0.05) is 23.6 Å². The third kappa shape index (κ3) is 2.67. The molecule has 2 aliphatic rings. The van der Waals surface area contributed by atoms with Gasteiger partial charge in [0.05, 0.1) is 5.56 Å². The smallest absolute Gasteiger partial charge is 0.257 e. The van der Waals surface area contributed by atoms with Crippen molar-refractivity contribution in [3.05, 3.63) is 28.2 Å². The maximum atomic E-state index is 12.4. The topological polar surface area (TPSA) is 66.6 Å². The SMILES string of the molecule is Cl.NC1CCC2CN(C(=O)c3ccc(Br)cc3O)CC12. The van der Waals surface area contributed by atoms with Crippen LogP contribution in [0, 0.1) is 11.8 Å². The Morgan fingerprint density at radius 1 is 1.35 bits per heavy atom. The Bertz CT molecular complexity index is 526. The van der Waals surface area contributed by atoms with Crippen LogP contribution in [0.3, 0.4) is 0 Å². The van der Waals surface area contributed by atoms with Gasteiger partial charge >= 0.3 is 0 Å². The first-order valence-electron chi connectivity index (χ1n) is 6.59. The van der Waals surface area contributed by atoms with Crippen LogP contribution in [0.5, 0.6) is 5.75 Å². The number of amides is 1. The molecule has 3 N–H and O–H groups in total. The standard InChI is InChI=1S/C14H17BrN2O2.ClH/c15-9-2-3-10(13(18)5-9)14(19)17-6-8-1-4-12(16)11(8)7-17;/h2-3,5,8,11-12,18H,1,4,6-7,16H2;1H. The number of carbonyl (C=O) groups is 1. The molecule has 2 fully saturated rings. The van der Waals surface area contributed by atoms with Gasteiger partial charge in [-0.3, -0.25) is 4.79 Å². The van der Waals surface area contributed by atoms with Gasteiger partial charge in [0.15, 0.2) is 0 Å². The summed E-state index contributed by atoms with van der Waals surface area (Å²) in [6, 6.07) is 5.21. The summed E-state index contributed by atoms with van der Waals surface area (Å²) in [6.07, 6.45) is 2.18. The maximum absolute atomic E-state index is 12.4. The van der Waals surface area contributed by atoms with Gasteiger partial charge in [-0.1, -0.05) is 15.9 Å². The zero-order chi connectivity index (χ0) is 13.6.